The Labute approximate surface area is 138 Å². The molecule has 0 aliphatic carbocycles. The van der Waals surface area contributed by atoms with E-state index in [0.29, 0.717) is 28.9 Å². The smallest absolute Gasteiger partial charge is 0.218 e. The van der Waals surface area contributed by atoms with Crippen LogP contribution in [-0.2, 0) is 6.61 Å². The van der Waals surface area contributed by atoms with Crippen molar-refractivity contribution in [2.24, 2.45) is 0 Å². The van der Waals surface area contributed by atoms with Gasteiger partial charge in [-0.05, 0) is 24.6 Å². The van der Waals surface area contributed by atoms with Gasteiger partial charge in [0.25, 0.3) is 0 Å². The first kappa shape index (κ1) is 15.1. The van der Waals surface area contributed by atoms with Gasteiger partial charge in [-0.2, -0.15) is 15.0 Å². The molecular formula is C17H13ClN4O. The van der Waals surface area contributed by atoms with Crippen LogP contribution >= 0.6 is 11.6 Å². The Balaban J connectivity index is 1.82. The number of pyridine rings is 1. The van der Waals surface area contributed by atoms with E-state index in [-0.39, 0.29) is 0 Å². The van der Waals surface area contributed by atoms with Crippen LogP contribution in [0.3, 0.4) is 0 Å². The summed E-state index contributed by atoms with van der Waals surface area (Å²) in [5.74, 6) is 1.06. The van der Waals surface area contributed by atoms with Gasteiger partial charge in [-0.15, -0.1) is 0 Å². The molecule has 0 radical (unpaired) electrons. The molecule has 0 bridgehead atoms. The van der Waals surface area contributed by atoms with E-state index >= 15 is 0 Å². The Morgan fingerprint density at radius 1 is 1.22 bits per heavy atom. The summed E-state index contributed by atoms with van der Waals surface area (Å²) in [6.45, 7) is 2.31. The van der Waals surface area contributed by atoms with Gasteiger partial charge in [0.2, 0.25) is 5.88 Å². The van der Waals surface area contributed by atoms with E-state index in [0.717, 1.165) is 11.1 Å². The fourth-order valence-corrected chi connectivity index (χ4v) is 2.39. The van der Waals surface area contributed by atoms with Crippen LogP contribution in [0.4, 0.5) is 0 Å². The zero-order chi connectivity index (χ0) is 16.2. The van der Waals surface area contributed by atoms with Crippen LogP contribution in [0.1, 0.15) is 16.7 Å². The van der Waals surface area contributed by atoms with E-state index < -0.39 is 0 Å². The summed E-state index contributed by atoms with van der Waals surface area (Å²) < 4.78 is 7.35. The molecule has 0 atom stereocenters. The number of benzene rings is 1. The zero-order valence-corrected chi connectivity index (χ0v) is 13.2. The number of rotatable bonds is 4. The third kappa shape index (κ3) is 3.33. The standard InChI is InChI=1S/C17H13ClN4O/c1-12-2-3-14(15(18)8-12)11-23-17-5-7-21-22(17)16-9-13(10-19)4-6-20-16/h2-9H,11H2,1H3. The van der Waals surface area contributed by atoms with Crippen molar-refractivity contribution in [3.05, 3.63) is 70.5 Å². The van der Waals surface area contributed by atoms with Crippen molar-refractivity contribution in [3.8, 4) is 17.8 Å². The Bertz CT molecular complexity index is 882. The molecule has 0 aliphatic heterocycles. The molecule has 2 heterocycles. The molecule has 1 aromatic carbocycles. The first-order chi connectivity index (χ1) is 11.2. The van der Waals surface area contributed by atoms with Gasteiger partial charge >= 0.3 is 0 Å². The van der Waals surface area contributed by atoms with Crippen LogP contribution < -0.4 is 4.74 Å². The van der Waals surface area contributed by atoms with Crippen LogP contribution in [0.15, 0.2) is 48.8 Å². The number of aryl methyl sites for hydroxylation is 1. The van der Waals surface area contributed by atoms with Gasteiger partial charge in [0, 0.05) is 28.9 Å². The number of hydrogen-bond donors (Lipinski definition) is 0. The van der Waals surface area contributed by atoms with Crippen LogP contribution in [0.25, 0.3) is 5.82 Å². The van der Waals surface area contributed by atoms with E-state index in [1.807, 2.05) is 25.1 Å². The minimum absolute atomic E-state index is 0.322. The first-order valence-corrected chi connectivity index (χ1v) is 7.33. The van der Waals surface area contributed by atoms with Crippen molar-refractivity contribution < 1.29 is 4.74 Å². The van der Waals surface area contributed by atoms with E-state index in [1.54, 1.807) is 35.3 Å². The SMILES string of the molecule is Cc1ccc(COc2ccnn2-c2cc(C#N)ccn2)c(Cl)c1. The topological polar surface area (TPSA) is 63.7 Å². The molecule has 0 amide bonds. The van der Waals surface area contributed by atoms with Gasteiger partial charge in [0.05, 0.1) is 17.8 Å². The number of hydrogen-bond acceptors (Lipinski definition) is 4. The summed E-state index contributed by atoms with van der Waals surface area (Å²) in [6, 6.07) is 12.9. The lowest BCUT2D eigenvalue weighted by atomic mass is 10.2. The molecule has 0 saturated carbocycles. The summed E-state index contributed by atoms with van der Waals surface area (Å²) in [4.78, 5) is 4.22. The molecule has 5 nitrogen and oxygen atoms in total. The maximum absolute atomic E-state index is 8.98. The Hall–Kier alpha value is -2.84. The van der Waals surface area contributed by atoms with Gasteiger partial charge < -0.3 is 4.74 Å². The number of ether oxygens (including phenoxy) is 1. The fraction of sp³-hybridized carbons (Fsp3) is 0.118. The minimum Gasteiger partial charge on any atom is -0.473 e. The molecule has 0 aliphatic rings. The van der Waals surface area contributed by atoms with Crippen LogP contribution in [-0.4, -0.2) is 14.8 Å². The van der Waals surface area contributed by atoms with E-state index in [9.17, 15) is 0 Å². The largest absolute Gasteiger partial charge is 0.473 e. The molecule has 23 heavy (non-hydrogen) atoms. The summed E-state index contributed by atoms with van der Waals surface area (Å²) in [6.07, 6.45) is 3.18. The summed E-state index contributed by atoms with van der Waals surface area (Å²) >= 11 is 6.22. The lowest BCUT2D eigenvalue weighted by Crippen LogP contribution is -2.05. The average molecular weight is 325 g/mol. The predicted octanol–water partition coefficient (Wildman–Crippen LogP) is 3.68. The van der Waals surface area contributed by atoms with Crippen molar-refractivity contribution in [2.75, 3.05) is 0 Å². The van der Waals surface area contributed by atoms with Crippen molar-refractivity contribution in [1.29, 1.82) is 5.26 Å². The molecule has 0 saturated heterocycles. The molecular weight excluding hydrogens is 312 g/mol. The highest BCUT2D eigenvalue weighted by molar-refractivity contribution is 6.31. The molecule has 0 fully saturated rings. The second-order valence-corrected chi connectivity index (χ2v) is 5.39. The normalized spacial score (nSPS) is 10.3. The van der Waals surface area contributed by atoms with Crippen LogP contribution in [0.5, 0.6) is 5.88 Å². The van der Waals surface area contributed by atoms with Crippen LogP contribution in [0, 0.1) is 18.3 Å². The Kier molecular flexibility index (Phi) is 4.26. The van der Waals surface area contributed by atoms with E-state index in [1.165, 1.54) is 0 Å². The highest BCUT2D eigenvalue weighted by Gasteiger charge is 2.09. The molecule has 0 unspecified atom stereocenters. The van der Waals surface area contributed by atoms with Gasteiger partial charge in [-0.3, -0.25) is 0 Å². The molecule has 3 aromatic rings. The van der Waals surface area contributed by atoms with Gasteiger partial charge in [0.1, 0.15) is 6.61 Å². The first-order valence-electron chi connectivity index (χ1n) is 6.96. The van der Waals surface area contributed by atoms with Crippen molar-refractivity contribution in [1.82, 2.24) is 14.8 Å². The quantitative estimate of drug-likeness (QED) is 0.734. The van der Waals surface area contributed by atoms with E-state index in [2.05, 4.69) is 16.2 Å². The molecule has 2 aromatic heterocycles. The maximum Gasteiger partial charge on any atom is 0.218 e. The van der Waals surface area contributed by atoms with Crippen molar-refractivity contribution in [2.45, 2.75) is 13.5 Å². The van der Waals surface area contributed by atoms with Gasteiger partial charge in [0.15, 0.2) is 5.82 Å². The number of halogens is 1. The number of nitriles is 1. The van der Waals surface area contributed by atoms with Crippen LogP contribution in [0.2, 0.25) is 5.02 Å². The number of aromatic nitrogens is 3. The monoisotopic (exact) mass is 324 g/mol. The van der Waals surface area contributed by atoms with Gasteiger partial charge in [-0.1, -0.05) is 23.7 Å². The fourth-order valence-electron chi connectivity index (χ4n) is 2.10. The predicted molar refractivity (Wildman–Crippen MR) is 86.6 cm³/mol. The molecule has 3 rings (SSSR count). The average Bonchev–Trinajstić information content (AvgIpc) is 3.02. The zero-order valence-electron chi connectivity index (χ0n) is 12.4. The third-order valence-corrected chi connectivity index (χ3v) is 3.64. The van der Waals surface area contributed by atoms with Crippen molar-refractivity contribution in [3.63, 3.8) is 0 Å². The second kappa shape index (κ2) is 6.51. The second-order valence-electron chi connectivity index (χ2n) is 4.98. The van der Waals surface area contributed by atoms with Crippen molar-refractivity contribution >= 4 is 11.6 Å². The number of nitrogens with zero attached hydrogens (tertiary/aromatic N) is 4. The summed E-state index contributed by atoms with van der Waals surface area (Å²) in [7, 11) is 0. The highest BCUT2D eigenvalue weighted by atomic mass is 35.5. The third-order valence-electron chi connectivity index (χ3n) is 3.28. The Morgan fingerprint density at radius 2 is 2.09 bits per heavy atom. The molecule has 0 N–H and O–H groups in total. The lowest BCUT2D eigenvalue weighted by Gasteiger charge is -2.10. The van der Waals surface area contributed by atoms with Gasteiger partial charge in [-0.25, -0.2) is 4.98 Å². The molecule has 0 spiro atoms. The highest BCUT2D eigenvalue weighted by Crippen LogP contribution is 2.21. The lowest BCUT2D eigenvalue weighted by molar-refractivity contribution is 0.284. The Morgan fingerprint density at radius 3 is 2.87 bits per heavy atom. The maximum atomic E-state index is 8.98. The summed E-state index contributed by atoms with van der Waals surface area (Å²) in [5, 5.41) is 13.8. The molecule has 6 heteroatoms. The van der Waals surface area contributed by atoms with E-state index in [4.69, 9.17) is 21.6 Å². The molecule has 114 valence electrons. The minimum atomic E-state index is 0.322. The summed E-state index contributed by atoms with van der Waals surface area (Å²) in [5.41, 5.74) is 2.50.